The van der Waals surface area contributed by atoms with E-state index in [1.54, 1.807) is 0 Å². The standard InChI is InChI=1S/C11H18N6O2/c1-8-3-2-5-16(6-4-8)11-9(17(18)19)10(15-12)13-7-14-11/h7-8H,2-6,12H2,1H3,(H,13,14,15). The third-order valence-corrected chi connectivity index (χ3v) is 3.44. The van der Waals surface area contributed by atoms with Gasteiger partial charge in [-0.1, -0.05) is 6.92 Å². The lowest BCUT2D eigenvalue weighted by atomic mass is 10.0. The van der Waals surface area contributed by atoms with Crippen LogP contribution in [0.2, 0.25) is 0 Å². The summed E-state index contributed by atoms with van der Waals surface area (Å²) in [6.45, 7) is 3.74. The highest BCUT2D eigenvalue weighted by Gasteiger charge is 2.27. The Hall–Kier alpha value is -1.96. The first kappa shape index (κ1) is 13.5. The summed E-state index contributed by atoms with van der Waals surface area (Å²) in [5.41, 5.74) is 2.11. The zero-order chi connectivity index (χ0) is 13.8. The molecule has 1 aliphatic rings. The molecule has 104 valence electrons. The Morgan fingerprint density at radius 1 is 1.47 bits per heavy atom. The van der Waals surface area contributed by atoms with E-state index in [0.717, 1.165) is 32.4 Å². The minimum atomic E-state index is -0.487. The van der Waals surface area contributed by atoms with E-state index < -0.39 is 4.92 Å². The lowest BCUT2D eigenvalue weighted by molar-refractivity contribution is -0.383. The van der Waals surface area contributed by atoms with Gasteiger partial charge in [0.2, 0.25) is 11.6 Å². The second-order valence-corrected chi connectivity index (χ2v) is 4.82. The van der Waals surface area contributed by atoms with Crippen LogP contribution in [0.5, 0.6) is 0 Å². The summed E-state index contributed by atoms with van der Waals surface area (Å²) < 4.78 is 0. The van der Waals surface area contributed by atoms with Crippen LogP contribution in [0, 0.1) is 16.0 Å². The van der Waals surface area contributed by atoms with Crippen molar-refractivity contribution in [1.29, 1.82) is 0 Å². The molecule has 1 unspecified atom stereocenters. The van der Waals surface area contributed by atoms with Gasteiger partial charge < -0.3 is 10.3 Å². The average molecular weight is 266 g/mol. The molecule has 0 amide bonds. The van der Waals surface area contributed by atoms with Crippen LogP contribution in [-0.2, 0) is 0 Å². The molecule has 0 bridgehead atoms. The van der Waals surface area contributed by atoms with Crippen molar-refractivity contribution in [1.82, 2.24) is 9.97 Å². The zero-order valence-electron chi connectivity index (χ0n) is 10.9. The number of anilines is 2. The monoisotopic (exact) mass is 266 g/mol. The molecular formula is C11H18N6O2. The van der Waals surface area contributed by atoms with Crippen molar-refractivity contribution < 1.29 is 4.92 Å². The van der Waals surface area contributed by atoms with Gasteiger partial charge in [0.25, 0.3) is 0 Å². The quantitative estimate of drug-likeness (QED) is 0.482. The number of nitrogens with one attached hydrogen (secondary N) is 1. The van der Waals surface area contributed by atoms with Gasteiger partial charge in [0.05, 0.1) is 4.92 Å². The smallest absolute Gasteiger partial charge is 0.351 e. The number of hydrogen-bond acceptors (Lipinski definition) is 7. The third kappa shape index (κ3) is 2.90. The molecule has 2 rings (SSSR count). The van der Waals surface area contributed by atoms with Crippen LogP contribution in [0.4, 0.5) is 17.3 Å². The van der Waals surface area contributed by atoms with Crippen LogP contribution < -0.4 is 16.2 Å². The highest BCUT2D eigenvalue weighted by molar-refractivity contribution is 5.69. The van der Waals surface area contributed by atoms with Gasteiger partial charge in [-0.15, -0.1) is 0 Å². The zero-order valence-corrected chi connectivity index (χ0v) is 10.9. The summed E-state index contributed by atoms with van der Waals surface area (Å²) in [4.78, 5) is 20.5. The van der Waals surface area contributed by atoms with Crippen LogP contribution in [0.1, 0.15) is 26.2 Å². The summed E-state index contributed by atoms with van der Waals surface area (Å²) in [7, 11) is 0. The van der Waals surface area contributed by atoms with Crippen LogP contribution in [0.3, 0.4) is 0 Å². The fourth-order valence-electron chi connectivity index (χ4n) is 2.35. The summed E-state index contributed by atoms with van der Waals surface area (Å²) >= 11 is 0. The highest BCUT2D eigenvalue weighted by Crippen LogP contribution is 2.32. The van der Waals surface area contributed by atoms with E-state index in [2.05, 4.69) is 22.3 Å². The van der Waals surface area contributed by atoms with E-state index in [9.17, 15) is 10.1 Å². The molecule has 0 aliphatic carbocycles. The van der Waals surface area contributed by atoms with Crippen LogP contribution >= 0.6 is 0 Å². The Morgan fingerprint density at radius 2 is 2.26 bits per heavy atom. The van der Waals surface area contributed by atoms with Gasteiger partial charge in [-0.3, -0.25) is 10.1 Å². The van der Waals surface area contributed by atoms with Gasteiger partial charge in [0, 0.05) is 13.1 Å². The highest BCUT2D eigenvalue weighted by atomic mass is 16.6. The summed E-state index contributed by atoms with van der Waals surface area (Å²) in [6, 6.07) is 0. The number of nitro groups is 1. The Bertz CT molecular complexity index is 466. The Labute approximate surface area is 111 Å². The van der Waals surface area contributed by atoms with Gasteiger partial charge in [0.15, 0.2) is 0 Å². The molecule has 1 saturated heterocycles. The van der Waals surface area contributed by atoms with Gasteiger partial charge in [0.1, 0.15) is 6.33 Å². The van der Waals surface area contributed by atoms with Crippen molar-refractivity contribution in [2.24, 2.45) is 11.8 Å². The predicted molar refractivity (Wildman–Crippen MR) is 71.7 cm³/mol. The van der Waals surface area contributed by atoms with Crippen molar-refractivity contribution in [2.45, 2.75) is 26.2 Å². The van der Waals surface area contributed by atoms with Gasteiger partial charge in [-0.25, -0.2) is 15.8 Å². The lowest BCUT2D eigenvalue weighted by Crippen LogP contribution is -2.27. The van der Waals surface area contributed by atoms with Gasteiger partial charge in [-0.05, 0) is 25.2 Å². The average Bonchev–Trinajstić information content (AvgIpc) is 2.62. The van der Waals surface area contributed by atoms with Crippen LogP contribution in [0.15, 0.2) is 6.33 Å². The minimum Gasteiger partial charge on any atom is -0.351 e. The molecule has 1 fully saturated rings. The molecule has 8 nitrogen and oxygen atoms in total. The second kappa shape index (κ2) is 5.79. The van der Waals surface area contributed by atoms with Gasteiger partial charge >= 0.3 is 5.69 Å². The molecule has 0 aromatic carbocycles. The van der Waals surface area contributed by atoms with Crippen molar-refractivity contribution in [3.8, 4) is 0 Å². The van der Waals surface area contributed by atoms with Crippen molar-refractivity contribution in [2.75, 3.05) is 23.4 Å². The number of nitrogens with zero attached hydrogens (tertiary/aromatic N) is 4. The first-order chi connectivity index (χ1) is 9.13. The Morgan fingerprint density at radius 3 is 2.95 bits per heavy atom. The third-order valence-electron chi connectivity index (χ3n) is 3.44. The lowest BCUT2D eigenvalue weighted by Gasteiger charge is -2.21. The molecule has 8 heteroatoms. The number of aromatic nitrogens is 2. The topological polar surface area (TPSA) is 110 Å². The first-order valence-corrected chi connectivity index (χ1v) is 6.34. The second-order valence-electron chi connectivity index (χ2n) is 4.82. The number of rotatable bonds is 3. The van der Waals surface area contributed by atoms with E-state index in [4.69, 9.17) is 5.84 Å². The molecule has 1 aromatic heterocycles. The fourth-order valence-corrected chi connectivity index (χ4v) is 2.35. The van der Waals surface area contributed by atoms with E-state index in [1.807, 2.05) is 4.90 Å². The Kier molecular flexibility index (Phi) is 4.10. The van der Waals surface area contributed by atoms with Crippen LogP contribution in [-0.4, -0.2) is 28.0 Å². The molecule has 1 atom stereocenters. The van der Waals surface area contributed by atoms with Crippen molar-refractivity contribution in [3.63, 3.8) is 0 Å². The summed E-state index contributed by atoms with van der Waals surface area (Å²) in [6.07, 6.45) is 4.45. The minimum absolute atomic E-state index is 0.0484. The molecule has 2 heterocycles. The summed E-state index contributed by atoms with van der Waals surface area (Å²) in [5.74, 6) is 6.31. The van der Waals surface area contributed by atoms with Gasteiger partial charge in [-0.2, -0.15) is 0 Å². The number of nitrogen functional groups attached to an aromatic ring is 1. The number of hydrogen-bond donors (Lipinski definition) is 2. The molecule has 1 aliphatic heterocycles. The number of nitrogens with two attached hydrogens (primary N) is 1. The van der Waals surface area contributed by atoms with Crippen molar-refractivity contribution in [3.05, 3.63) is 16.4 Å². The first-order valence-electron chi connectivity index (χ1n) is 6.34. The molecule has 3 N–H and O–H groups in total. The molecule has 0 saturated carbocycles. The maximum atomic E-state index is 11.2. The maximum absolute atomic E-state index is 11.2. The molecular weight excluding hydrogens is 248 g/mol. The Balaban J connectivity index is 2.35. The van der Waals surface area contributed by atoms with Crippen molar-refractivity contribution >= 4 is 17.3 Å². The van der Waals surface area contributed by atoms with E-state index in [-0.39, 0.29) is 11.5 Å². The van der Waals surface area contributed by atoms with E-state index >= 15 is 0 Å². The number of hydrazine groups is 1. The molecule has 1 aromatic rings. The van der Waals surface area contributed by atoms with E-state index in [1.165, 1.54) is 6.33 Å². The summed E-state index contributed by atoms with van der Waals surface area (Å²) in [5, 5.41) is 11.2. The predicted octanol–water partition coefficient (Wildman–Crippen LogP) is 1.30. The molecule has 19 heavy (non-hydrogen) atoms. The maximum Gasteiger partial charge on any atom is 0.354 e. The fraction of sp³-hybridized carbons (Fsp3) is 0.636. The molecule has 0 radical (unpaired) electrons. The SMILES string of the molecule is CC1CCCN(c2ncnc(NN)c2[N+](=O)[O-])CC1. The van der Waals surface area contributed by atoms with E-state index in [0.29, 0.717) is 11.7 Å². The largest absolute Gasteiger partial charge is 0.354 e. The van der Waals surface area contributed by atoms with Crippen LogP contribution in [0.25, 0.3) is 0 Å². The normalized spacial score (nSPS) is 19.9. The molecule has 0 spiro atoms.